The fourth-order valence-corrected chi connectivity index (χ4v) is 3.48. The molecule has 0 N–H and O–H groups in total. The molecule has 1 aromatic rings. The Hall–Kier alpha value is -0.960. The van der Waals surface area contributed by atoms with Crippen molar-refractivity contribution >= 4 is 17.0 Å². The van der Waals surface area contributed by atoms with Crippen molar-refractivity contribution < 1.29 is 4.79 Å². The smallest absolute Gasteiger partial charge is 0.285 e. The third kappa shape index (κ3) is 4.50. The zero-order valence-electron chi connectivity index (χ0n) is 14.9. The third-order valence-corrected chi connectivity index (χ3v) is 4.59. The number of nitrogens with zero attached hydrogens (tertiary/aromatic N) is 1. The summed E-state index contributed by atoms with van der Waals surface area (Å²) in [7, 11) is 3.61. The lowest BCUT2D eigenvalue weighted by Gasteiger charge is -2.30. The Balaban J connectivity index is 3.58. The SMILES string of the molecule is Cc1cc(C(C)(C)C)c(SC(=O)N(C)C)c(C(C)(C)C)c1. The molecule has 0 aliphatic heterocycles. The van der Waals surface area contributed by atoms with Gasteiger partial charge in [-0.3, -0.25) is 4.79 Å². The summed E-state index contributed by atoms with van der Waals surface area (Å²) < 4.78 is 0. The minimum absolute atomic E-state index is 0.0148. The molecule has 0 fully saturated rings. The van der Waals surface area contributed by atoms with Gasteiger partial charge >= 0.3 is 0 Å². The van der Waals surface area contributed by atoms with Gasteiger partial charge < -0.3 is 4.90 Å². The van der Waals surface area contributed by atoms with E-state index < -0.39 is 0 Å². The minimum Gasteiger partial charge on any atom is -0.339 e. The number of rotatable bonds is 1. The normalized spacial score (nSPS) is 12.4. The van der Waals surface area contributed by atoms with E-state index in [9.17, 15) is 4.79 Å². The summed E-state index contributed by atoms with van der Waals surface area (Å²) in [4.78, 5) is 15.0. The average molecular weight is 308 g/mol. The van der Waals surface area contributed by atoms with Gasteiger partial charge in [-0.05, 0) is 40.6 Å². The van der Waals surface area contributed by atoms with Crippen LogP contribution in [0, 0.1) is 6.92 Å². The minimum atomic E-state index is 0.0148. The zero-order valence-corrected chi connectivity index (χ0v) is 15.7. The Kier molecular flexibility index (Phi) is 5.20. The first-order valence-electron chi connectivity index (χ1n) is 7.39. The Labute approximate surface area is 134 Å². The molecule has 0 atom stereocenters. The number of carbonyl (C=O) groups is 1. The molecule has 1 amide bonds. The van der Waals surface area contributed by atoms with E-state index in [1.165, 1.54) is 28.5 Å². The van der Waals surface area contributed by atoms with E-state index >= 15 is 0 Å². The van der Waals surface area contributed by atoms with Crippen molar-refractivity contribution in [3.8, 4) is 0 Å². The van der Waals surface area contributed by atoms with Crippen molar-refractivity contribution in [2.75, 3.05) is 14.1 Å². The zero-order chi connectivity index (χ0) is 16.6. The molecule has 0 spiro atoms. The van der Waals surface area contributed by atoms with E-state index in [0.717, 1.165) is 4.90 Å². The number of thioether (sulfide) groups is 1. The predicted octanol–water partition coefficient (Wildman–Crippen LogP) is 5.36. The number of hydrogen-bond acceptors (Lipinski definition) is 2. The highest BCUT2D eigenvalue weighted by molar-refractivity contribution is 8.13. The van der Waals surface area contributed by atoms with Crippen molar-refractivity contribution in [2.45, 2.75) is 64.2 Å². The number of carbonyl (C=O) groups excluding carboxylic acids is 1. The molecule has 0 unspecified atom stereocenters. The monoisotopic (exact) mass is 307 g/mol. The van der Waals surface area contributed by atoms with Gasteiger partial charge in [0.1, 0.15) is 0 Å². The number of benzene rings is 1. The summed E-state index contributed by atoms with van der Waals surface area (Å²) in [5.41, 5.74) is 3.80. The van der Waals surface area contributed by atoms with Crippen LogP contribution in [-0.2, 0) is 10.8 Å². The molecule has 0 aromatic heterocycles. The third-order valence-electron chi connectivity index (χ3n) is 3.40. The lowest BCUT2D eigenvalue weighted by atomic mass is 9.79. The van der Waals surface area contributed by atoms with Crippen molar-refractivity contribution in [1.29, 1.82) is 0 Å². The molecule has 21 heavy (non-hydrogen) atoms. The van der Waals surface area contributed by atoms with Crippen LogP contribution < -0.4 is 0 Å². The van der Waals surface area contributed by atoms with Crippen LogP contribution in [0.4, 0.5) is 4.79 Å². The maximum atomic E-state index is 12.2. The van der Waals surface area contributed by atoms with Gasteiger partial charge in [0, 0.05) is 19.0 Å². The second-order valence-electron chi connectivity index (χ2n) is 7.95. The van der Waals surface area contributed by atoms with Gasteiger partial charge in [0.15, 0.2) is 0 Å². The molecule has 0 saturated heterocycles. The van der Waals surface area contributed by atoms with Gasteiger partial charge in [-0.25, -0.2) is 0 Å². The molecule has 3 heteroatoms. The molecule has 0 aliphatic rings. The van der Waals surface area contributed by atoms with Gasteiger partial charge in [0.2, 0.25) is 0 Å². The first-order valence-corrected chi connectivity index (χ1v) is 8.20. The van der Waals surface area contributed by atoms with Crippen molar-refractivity contribution in [2.24, 2.45) is 0 Å². The van der Waals surface area contributed by atoms with Gasteiger partial charge in [0.05, 0.1) is 0 Å². The summed E-state index contributed by atoms with van der Waals surface area (Å²) in [5, 5.41) is 0.0786. The molecule has 0 aliphatic carbocycles. The summed E-state index contributed by atoms with van der Waals surface area (Å²) >= 11 is 1.35. The summed E-state index contributed by atoms with van der Waals surface area (Å²) in [5.74, 6) is 0. The number of aryl methyl sites for hydroxylation is 1. The van der Waals surface area contributed by atoms with E-state index in [2.05, 4.69) is 60.6 Å². The average Bonchev–Trinajstić information content (AvgIpc) is 2.27. The first-order chi connectivity index (χ1) is 9.34. The van der Waals surface area contributed by atoms with E-state index in [1.54, 1.807) is 19.0 Å². The molecule has 1 aromatic carbocycles. The van der Waals surface area contributed by atoms with E-state index in [-0.39, 0.29) is 16.1 Å². The largest absolute Gasteiger partial charge is 0.339 e. The molecule has 1 rings (SSSR count). The Morgan fingerprint density at radius 2 is 1.33 bits per heavy atom. The highest BCUT2D eigenvalue weighted by atomic mass is 32.2. The molecule has 0 heterocycles. The van der Waals surface area contributed by atoms with Gasteiger partial charge in [-0.1, -0.05) is 59.2 Å². The summed E-state index contributed by atoms with van der Waals surface area (Å²) in [6, 6.07) is 4.45. The van der Waals surface area contributed by atoms with Crippen LogP contribution in [0.3, 0.4) is 0 Å². The highest BCUT2D eigenvalue weighted by Gasteiger charge is 2.28. The predicted molar refractivity (Wildman–Crippen MR) is 93.5 cm³/mol. The van der Waals surface area contributed by atoms with Crippen LogP contribution in [0.2, 0.25) is 0 Å². The van der Waals surface area contributed by atoms with Crippen LogP contribution in [0.5, 0.6) is 0 Å². The second kappa shape index (κ2) is 6.04. The molecule has 118 valence electrons. The Morgan fingerprint density at radius 1 is 0.952 bits per heavy atom. The first kappa shape index (κ1) is 18.1. The van der Waals surface area contributed by atoms with Crippen LogP contribution >= 0.6 is 11.8 Å². The van der Waals surface area contributed by atoms with E-state index in [4.69, 9.17) is 0 Å². The fourth-order valence-electron chi connectivity index (χ4n) is 2.18. The van der Waals surface area contributed by atoms with Crippen molar-refractivity contribution in [3.63, 3.8) is 0 Å². The lowest BCUT2D eigenvalue weighted by Crippen LogP contribution is -2.22. The van der Waals surface area contributed by atoms with Crippen LogP contribution in [-0.4, -0.2) is 24.2 Å². The van der Waals surface area contributed by atoms with E-state index in [0.29, 0.717) is 0 Å². The molecular weight excluding hydrogens is 278 g/mol. The number of hydrogen-bond donors (Lipinski definition) is 0. The summed E-state index contributed by atoms with van der Waals surface area (Å²) in [6.45, 7) is 15.4. The molecule has 0 bridgehead atoms. The second-order valence-corrected chi connectivity index (χ2v) is 8.91. The Morgan fingerprint density at radius 3 is 1.62 bits per heavy atom. The molecular formula is C18H29NOS. The van der Waals surface area contributed by atoms with Gasteiger partial charge in [0.25, 0.3) is 5.24 Å². The fraction of sp³-hybridized carbons (Fsp3) is 0.611. The quantitative estimate of drug-likeness (QED) is 0.651. The van der Waals surface area contributed by atoms with Crippen LogP contribution in [0.15, 0.2) is 17.0 Å². The molecule has 0 radical (unpaired) electrons. The van der Waals surface area contributed by atoms with Crippen LogP contribution in [0.1, 0.15) is 58.2 Å². The highest BCUT2D eigenvalue weighted by Crippen LogP contribution is 2.41. The lowest BCUT2D eigenvalue weighted by molar-refractivity contribution is 0.241. The van der Waals surface area contributed by atoms with Crippen LogP contribution in [0.25, 0.3) is 0 Å². The van der Waals surface area contributed by atoms with Crippen molar-refractivity contribution in [3.05, 3.63) is 28.8 Å². The van der Waals surface area contributed by atoms with Gasteiger partial charge in [-0.15, -0.1) is 0 Å². The Bertz CT molecular complexity index is 498. The van der Waals surface area contributed by atoms with Crippen molar-refractivity contribution in [1.82, 2.24) is 4.90 Å². The summed E-state index contributed by atoms with van der Waals surface area (Å²) in [6.07, 6.45) is 0. The maximum Gasteiger partial charge on any atom is 0.285 e. The van der Waals surface area contributed by atoms with Gasteiger partial charge in [-0.2, -0.15) is 0 Å². The topological polar surface area (TPSA) is 20.3 Å². The molecule has 0 saturated carbocycles. The standard InChI is InChI=1S/C18H29NOS/c1-12-10-13(17(2,3)4)15(21-16(20)19(8)9)14(11-12)18(5,6)7/h10-11H,1-9H3. The number of amides is 1. The maximum absolute atomic E-state index is 12.2. The van der Waals surface area contributed by atoms with E-state index in [1.807, 2.05) is 0 Å². The molecule has 2 nitrogen and oxygen atoms in total.